The fraction of sp³-hybridized carbons (Fsp3) is 0.443. The maximum Gasteiger partial charge on any atom is 0.303 e. The molecule has 1 fully saturated rings. The molecule has 2 aliphatic heterocycles. The number of hydrogen-bond donors (Lipinski definition) is 14. The zero-order valence-electron chi connectivity index (χ0n) is 81.6. The smallest absolute Gasteiger partial charge is 0.303 e. The van der Waals surface area contributed by atoms with Crippen LogP contribution in [0.3, 0.4) is 0 Å². The SMILES string of the molecule is CC[N+]1=C(/C=C/C=C/C=C2/N(CCCCC(=O)NCCCC[C@@H](NC(=O)CCCC(=O)NCCOCCNC(=O)CCCC(=O)NCCOCCNC(=O)C3(NC(=O)[C@@H](CCCC(=O)O)NC(=O)[C@@H](CCCCNC(=O)/C=C/c4cccnc4)NC(=O)Cc4ccc(Nc5nc6ccccc6s5)cc4)CCCCC3)C(N)=O)c3ccc4ccccc4c3C2(C)C)C(C)(C)c2c1ccc1c(S(=O)(=O)O)cccc21. The minimum atomic E-state index is -4.44. The summed E-state index contributed by atoms with van der Waals surface area (Å²) in [6, 6.07) is 36.6. The first-order valence-corrected chi connectivity index (χ1v) is 51.4. The van der Waals surface area contributed by atoms with E-state index in [9.17, 15) is 75.6 Å². The number of benzene rings is 6. The molecular weight excluding hydrogens is 1850 g/mol. The molecule has 1 saturated carbocycles. The Kier molecular flexibility index (Phi) is 41.4. The van der Waals surface area contributed by atoms with Crippen LogP contribution in [0.5, 0.6) is 0 Å². The zero-order valence-corrected chi connectivity index (χ0v) is 83.3. The number of amides is 11. The monoisotopic (exact) mass is 1980 g/mol. The minimum Gasteiger partial charge on any atom is -0.481 e. The van der Waals surface area contributed by atoms with Crippen molar-refractivity contribution in [2.24, 2.45) is 5.73 Å². The number of unbranched alkanes of at least 4 members (excludes halogenated alkanes) is 3. The van der Waals surface area contributed by atoms with Crippen molar-refractivity contribution in [1.82, 2.24) is 63.1 Å². The summed E-state index contributed by atoms with van der Waals surface area (Å²) in [5.41, 5.74) is 13.0. The van der Waals surface area contributed by atoms with Crippen molar-refractivity contribution in [3.8, 4) is 0 Å². The van der Waals surface area contributed by atoms with Gasteiger partial charge < -0.3 is 83.7 Å². The summed E-state index contributed by atoms with van der Waals surface area (Å²) in [6.07, 6.45) is 23.4. The van der Waals surface area contributed by atoms with Crippen LogP contribution in [0.4, 0.5) is 22.2 Å². The third-order valence-corrected chi connectivity index (χ3v) is 27.5. The first-order valence-electron chi connectivity index (χ1n) is 49.2. The van der Waals surface area contributed by atoms with E-state index in [0.717, 1.165) is 73.4 Å². The Balaban J connectivity index is 0.516. The number of rotatable bonds is 58. The topological polar surface area (TPSA) is 488 Å². The van der Waals surface area contributed by atoms with Crippen molar-refractivity contribution < 1.29 is 89.7 Å². The third-order valence-electron chi connectivity index (χ3n) is 25.6. The van der Waals surface area contributed by atoms with Gasteiger partial charge in [-0.05, 0) is 204 Å². The molecular formula is C106H135N16O18S2+. The number of ether oxygens (including phenoxy) is 2. The lowest BCUT2D eigenvalue weighted by Gasteiger charge is -2.38. The number of para-hydroxylation sites is 1. The summed E-state index contributed by atoms with van der Waals surface area (Å²) in [5.74, 6) is -5.86. The molecule has 1 aliphatic carbocycles. The molecule has 11 rings (SSSR count). The normalized spacial score (nSPS) is 15.1. The molecule has 142 heavy (non-hydrogen) atoms. The van der Waals surface area contributed by atoms with Crippen LogP contribution in [0, 0.1) is 0 Å². The highest BCUT2D eigenvalue weighted by atomic mass is 32.2. The molecule has 6 aromatic carbocycles. The minimum absolute atomic E-state index is 0.0000605. The Bertz CT molecular complexity index is 6020. The highest BCUT2D eigenvalue weighted by Gasteiger charge is 2.47. The van der Waals surface area contributed by atoms with E-state index in [4.69, 9.17) is 15.2 Å². The number of anilines is 3. The number of carboxylic acids is 1. The molecule has 34 nitrogen and oxygen atoms in total. The number of primary amides is 1. The maximum absolute atomic E-state index is 14.5. The number of aliphatic carboxylic acids is 1. The lowest BCUT2D eigenvalue weighted by Crippen LogP contribution is -2.63. The van der Waals surface area contributed by atoms with Gasteiger partial charge in [0.1, 0.15) is 35.1 Å². The molecule has 2 aromatic heterocycles. The Morgan fingerprint density at radius 3 is 1.82 bits per heavy atom. The summed E-state index contributed by atoms with van der Waals surface area (Å²) in [5, 5.41) is 45.4. The van der Waals surface area contributed by atoms with E-state index < -0.39 is 80.6 Å². The molecule has 3 atom stereocenters. The Morgan fingerprint density at radius 1 is 0.549 bits per heavy atom. The summed E-state index contributed by atoms with van der Waals surface area (Å²) < 4.78 is 49.4. The number of nitrogens with zero attached hydrogens (tertiary/aromatic N) is 4. The molecule has 11 amide bonds. The number of nitrogens with two attached hydrogens (primary N) is 1. The van der Waals surface area contributed by atoms with Crippen molar-refractivity contribution in [1.29, 1.82) is 0 Å². The second-order valence-electron chi connectivity index (χ2n) is 36.8. The van der Waals surface area contributed by atoms with Crippen LogP contribution < -0.4 is 69.1 Å². The Hall–Kier alpha value is -13.4. The van der Waals surface area contributed by atoms with E-state index in [1.54, 1.807) is 54.9 Å². The van der Waals surface area contributed by atoms with Gasteiger partial charge in [-0.3, -0.25) is 67.1 Å². The fourth-order valence-corrected chi connectivity index (χ4v) is 20.0. The molecule has 0 unspecified atom stereocenters. The molecule has 0 saturated heterocycles. The van der Waals surface area contributed by atoms with Crippen molar-refractivity contribution in [3.05, 3.63) is 204 Å². The van der Waals surface area contributed by atoms with E-state index >= 15 is 0 Å². The summed E-state index contributed by atoms with van der Waals surface area (Å²) in [6.45, 7) is 13.9. The van der Waals surface area contributed by atoms with Gasteiger partial charge in [0.2, 0.25) is 70.7 Å². The second-order valence-corrected chi connectivity index (χ2v) is 39.3. The lowest BCUT2D eigenvalue weighted by atomic mass is 9.79. The van der Waals surface area contributed by atoms with Gasteiger partial charge in [-0.2, -0.15) is 13.0 Å². The second kappa shape index (κ2) is 54.0. The van der Waals surface area contributed by atoms with Gasteiger partial charge in [0.05, 0.1) is 48.5 Å². The molecule has 0 radical (unpaired) electrons. The first-order chi connectivity index (χ1) is 68.3. The van der Waals surface area contributed by atoms with Gasteiger partial charge in [0, 0.05) is 148 Å². The van der Waals surface area contributed by atoms with Crippen LogP contribution in [0.1, 0.15) is 205 Å². The van der Waals surface area contributed by atoms with Gasteiger partial charge in [-0.25, -0.2) is 4.98 Å². The van der Waals surface area contributed by atoms with Gasteiger partial charge in [-0.15, -0.1) is 0 Å². The lowest BCUT2D eigenvalue weighted by molar-refractivity contribution is -0.433. The number of allylic oxidation sites excluding steroid dienone is 6. The van der Waals surface area contributed by atoms with Gasteiger partial charge in [0.15, 0.2) is 10.8 Å². The van der Waals surface area contributed by atoms with E-state index in [2.05, 4.69) is 161 Å². The largest absolute Gasteiger partial charge is 0.481 e. The number of carbonyl (C=O) groups excluding carboxylic acids is 11. The number of nitrogens with one attached hydrogen (secondary N) is 11. The van der Waals surface area contributed by atoms with Crippen molar-refractivity contribution >= 4 is 158 Å². The Labute approximate surface area is 833 Å². The summed E-state index contributed by atoms with van der Waals surface area (Å²) >= 11 is 1.50. The molecule has 758 valence electrons. The van der Waals surface area contributed by atoms with E-state index in [-0.39, 0.29) is 189 Å². The van der Waals surface area contributed by atoms with Gasteiger partial charge in [0.25, 0.3) is 10.1 Å². The van der Waals surface area contributed by atoms with Crippen LogP contribution in [-0.4, -0.2) is 212 Å². The summed E-state index contributed by atoms with van der Waals surface area (Å²) in [7, 11) is -4.44. The molecule has 0 spiro atoms. The van der Waals surface area contributed by atoms with Crippen molar-refractivity contribution in [2.75, 3.05) is 89.0 Å². The summed E-state index contributed by atoms with van der Waals surface area (Å²) in [4.78, 5) is 168. The van der Waals surface area contributed by atoms with Crippen LogP contribution in [-0.2, 0) is 94.4 Å². The standard InChI is InChI=1S/C106H134N16O18S2/c1-6-121-83-54-52-77-78(31-23-37-86(77)142(136,137)138)98(83)104(2,3)87(121)38-9-7-10-39-88-105(4,5)97-76-30-12-11-29-74(76)49-53-84(97)122(88)65-22-17-40-89(123)109-59-20-15-33-80(99(107)132)116-94(128)44-26-43-92(126)113-62-67-139-66-61-111-90(124)41-25-42-91(125)112-63-68-140-69-64-114-102(135)106(56-18-8-19-57-106)120-101(134)82(35-24-45-96(130)131)118-100(133)81(34-16-21-60-110-93(127)55-48-73-28-27-58-108-71-73)117-95(129)70-72-46-50-75(51-47-72)115-103-119-79-32-13-14-36-85(79)141-103/h7,9-14,23,27-32,36-39,46-55,58,71,80-82H,6,8,15-22,24-26,33-35,40-45,56-57,59-70H2,1-5H3,(H14-,107,109,110,111,112,113,114,115,116,117,118,119,120,123,124,125,126,127,128,129,130,131,132,133,134,135,136,137,138)/p+1/b55-48+/t80-,81-,82-/m1/s1. The number of thiazole rings is 1. The van der Waals surface area contributed by atoms with Gasteiger partial charge in [-0.1, -0.05) is 135 Å². The molecule has 3 aliphatic rings. The van der Waals surface area contributed by atoms with E-state index in [1.807, 2.05) is 66.7 Å². The number of pyridine rings is 1. The number of aromatic nitrogens is 2. The van der Waals surface area contributed by atoms with Gasteiger partial charge >= 0.3 is 5.97 Å². The molecule has 15 N–H and O–H groups in total. The van der Waals surface area contributed by atoms with E-state index in [0.29, 0.717) is 87.1 Å². The molecule has 8 aromatic rings. The average molecular weight is 1990 g/mol. The van der Waals surface area contributed by atoms with Crippen LogP contribution in [0.15, 0.2) is 187 Å². The Morgan fingerprint density at radius 2 is 1.16 bits per heavy atom. The highest BCUT2D eigenvalue weighted by Crippen LogP contribution is 2.51. The third kappa shape index (κ3) is 32.0. The number of fused-ring (bicyclic) bond motifs is 7. The first kappa shape index (κ1) is 109. The molecule has 0 bridgehead atoms. The molecule has 4 heterocycles. The predicted octanol–water partition coefficient (Wildman–Crippen LogP) is 11.7. The van der Waals surface area contributed by atoms with Crippen LogP contribution in [0.2, 0.25) is 0 Å². The zero-order chi connectivity index (χ0) is 102. The molecule has 36 heteroatoms. The van der Waals surface area contributed by atoms with E-state index in [1.165, 1.54) is 34.4 Å². The van der Waals surface area contributed by atoms with Crippen molar-refractivity contribution in [3.63, 3.8) is 0 Å². The predicted molar refractivity (Wildman–Crippen MR) is 549 cm³/mol. The van der Waals surface area contributed by atoms with Crippen molar-refractivity contribution in [2.45, 2.75) is 228 Å². The maximum atomic E-state index is 14.5. The fourth-order valence-electron chi connectivity index (χ4n) is 18.4. The quantitative estimate of drug-likeness (QED) is 0.00553. The number of carbonyl (C=O) groups is 12. The number of carboxylic acid groups (broad SMARTS) is 1. The van der Waals surface area contributed by atoms with Crippen LogP contribution in [0.25, 0.3) is 37.8 Å². The number of hydrogen-bond acceptors (Lipinski definition) is 21. The van der Waals surface area contributed by atoms with Crippen LogP contribution >= 0.6 is 11.3 Å². The average Bonchev–Trinajstić information content (AvgIpc) is 1.57. The highest BCUT2D eigenvalue weighted by molar-refractivity contribution is 7.86.